The Balaban J connectivity index is 0.000000300. The fourth-order valence-electron chi connectivity index (χ4n) is 6.46. The van der Waals surface area contributed by atoms with E-state index in [0.717, 1.165) is 33.8 Å². The predicted molar refractivity (Wildman–Crippen MR) is 231 cm³/mol. The van der Waals surface area contributed by atoms with Crippen LogP contribution in [0.1, 0.15) is 111 Å². The standard InChI is InChI=1S/C36H48N3.C13H9NO.Au/c1-33(2,3)26-18-27(34(4,5)6)21-30(20-26)38-24-39(37-32(38)25-16-14-13-15-17-25)31-22-28(35(7,8)9)19-29(23-31)36(10,11)12;15-13-9-5-1-3-7-11(9)14-12-8-4-2-6-10(12)13;/h13-24H,1-12H3;1-8H,(H,14,15);/q-1;;/p-1. The summed E-state index contributed by atoms with van der Waals surface area (Å²) in [6.45, 7) is 29.6. The van der Waals surface area contributed by atoms with Crippen molar-refractivity contribution in [3.05, 3.63) is 160 Å². The zero-order valence-corrected chi connectivity index (χ0v) is 36.7. The maximum absolute atomic E-state index is 12.0. The first kappa shape index (κ1) is 41.7. The molecule has 6 heteroatoms. The Morgan fingerprint density at radius 1 is 0.509 bits per heavy atom. The number of para-hydroxylation sites is 2. The zero-order chi connectivity index (χ0) is 39.2. The van der Waals surface area contributed by atoms with Crippen LogP contribution in [0.2, 0.25) is 0 Å². The van der Waals surface area contributed by atoms with Crippen LogP contribution in [-0.2, 0) is 44.0 Å². The number of pyridine rings is 1. The van der Waals surface area contributed by atoms with E-state index in [1.165, 1.54) is 22.3 Å². The van der Waals surface area contributed by atoms with Crippen molar-refractivity contribution in [2.45, 2.75) is 105 Å². The van der Waals surface area contributed by atoms with Gasteiger partial charge in [-0.2, -0.15) is 5.10 Å². The van der Waals surface area contributed by atoms with Crippen molar-refractivity contribution in [1.82, 2.24) is 4.98 Å². The molecule has 0 amide bonds. The van der Waals surface area contributed by atoms with Crippen molar-refractivity contribution in [1.29, 1.82) is 0 Å². The van der Waals surface area contributed by atoms with Gasteiger partial charge in [0.15, 0.2) is 5.43 Å². The molecular formula is C49H56AuN4O-2. The van der Waals surface area contributed by atoms with Crippen molar-refractivity contribution in [3.63, 3.8) is 0 Å². The van der Waals surface area contributed by atoms with Gasteiger partial charge in [-0.15, -0.1) is 17.7 Å². The second-order valence-corrected chi connectivity index (χ2v) is 18.6. The molecule has 7 rings (SSSR count). The van der Waals surface area contributed by atoms with Gasteiger partial charge in [-0.25, -0.2) is 0 Å². The molecule has 1 radical (unpaired) electrons. The van der Waals surface area contributed by atoms with E-state index >= 15 is 0 Å². The summed E-state index contributed by atoms with van der Waals surface area (Å²) >= 11 is 0. The maximum atomic E-state index is 12.0. The van der Waals surface area contributed by atoms with Crippen molar-refractivity contribution in [2.24, 2.45) is 5.10 Å². The van der Waals surface area contributed by atoms with E-state index in [0.29, 0.717) is 10.8 Å². The van der Waals surface area contributed by atoms with E-state index in [1.54, 1.807) is 0 Å². The van der Waals surface area contributed by atoms with Crippen molar-refractivity contribution in [3.8, 4) is 0 Å². The zero-order valence-electron chi connectivity index (χ0n) is 34.5. The van der Waals surface area contributed by atoms with Gasteiger partial charge in [0.25, 0.3) is 0 Å². The van der Waals surface area contributed by atoms with E-state index in [2.05, 4.69) is 171 Å². The molecule has 0 bridgehead atoms. The molecule has 55 heavy (non-hydrogen) atoms. The smallest absolute Gasteiger partial charge is 0.190 e. The monoisotopic (exact) mass is 913 g/mol. The van der Waals surface area contributed by atoms with Crippen LogP contribution in [0.25, 0.3) is 21.8 Å². The van der Waals surface area contributed by atoms with E-state index in [4.69, 9.17) is 5.10 Å². The van der Waals surface area contributed by atoms with E-state index < -0.39 is 0 Å². The van der Waals surface area contributed by atoms with Gasteiger partial charge in [0, 0.05) is 50.1 Å². The first-order chi connectivity index (χ1) is 25.2. The average Bonchev–Trinajstić information content (AvgIpc) is 3.57. The van der Waals surface area contributed by atoms with Crippen LogP contribution in [-0.4, -0.2) is 5.84 Å². The minimum Gasteiger partial charge on any atom is -0.657 e. The number of hydrogen-bond donors (Lipinski definition) is 0. The molecule has 5 nitrogen and oxygen atoms in total. The summed E-state index contributed by atoms with van der Waals surface area (Å²) in [5, 5.41) is 8.68. The minimum absolute atomic E-state index is 0. The topological polar surface area (TPSA) is 50.0 Å². The molecular weight excluding hydrogens is 858 g/mol. The number of hydrazone groups is 1. The fraction of sp³-hybridized carbons (Fsp3) is 0.327. The Bertz CT molecular complexity index is 2260. The van der Waals surface area contributed by atoms with Gasteiger partial charge in [-0.1, -0.05) is 174 Å². The van der Waals surface area contributed by atoms with Gasteiger partial charge in [0.1, 0.15) is 5.84 Å². The first-order valence-electron chi connectivity index (χ1n) is 19.0. The molecule has 5 aromatic carbocycles. The number of anilines is 2. The van der Waals surface area contributed by atoms with Crippen LogP contribution in [0.4, 0.5) is 11.4 Å². The van der Waals surface area contributed by atoms with Gasteiger partial charge in [-0.05, 0) is 68.2 Å². The maximum Gasteiger partial charge on any atom is 0.190 e. The fourth-order valence-corrected chi connectivity index (χ4v) is 6.46. The van der Waals surface area contributed by atoms with Crippen LogP contribution < -0.4 is 20.3 Å². The number of benzene rings is 5. The number of nitrogens with zero attached hydrogens (tertiary/aromatic N) is 4. The Kier molecular flexibility index (Phi) is 11.8. The van der Waals surface area contributed by atoms with Gasteiger partial charge >= 0.3 is 0 Å². The number of amidine groups is 1. The Labute approximate surface area is 344 Å². The summed E-state index contributed by atoms with van der Waals surface area (Å²) in [5.41, 5.74) is 10.3. The molecule has 0 spiro atoms. The first-order valence-corrected chi connectivity index (χ1v) is 19.0. The molecule has 1 aliphatic heterocycles. The summed E-state index contributed by atoms with van der Waals surface area (Å²) in [7, 11) is 0. The van der Waals surface area contributed by atoms with Crippen molar-refractivity contribution in [2.75, 3.05) is 9.91 Å². The molecule has 1 aliphatic rings. The quantitative estimate of drug-likeness (QED) is 0.101. The Morgan fingerprint density at radius 3 is 1.31 bits per heavy atom. The minimum atomic E-state index is 0. The van der Waals surface area contributed by atoms with Crippen molar-refractivity contribution >= 4 is 39.0 Å². The summed E-state index contributed by atoms with van der Waals surface area (Å²) in [6, 6.07) is 39.4. The van der Waals surface area contributed by atoms with Gasteiger partial charge in [-0.3, -0.25) is 4.79 Å². The predicted octanol–water partition coefficient (Wildman–Crippen LogP) is 12.0. The van der Waals surface area contributed by atoms with E-state index in [-0.39, 0.29) is 49.5 Å². The second-order valence-electron chi connectivity index (χ2n) is 18.6. The van der Waals surface area contributed by atoms with Gasteiger partial charge in [0.05, 0.1) is 0 Å². The average molecular weight is 914 g/mol. The van der Waals surface area contributed by atoms with Crippen LogP contribution in [0.15, 0.2) is 125 Å². The van der Waals surface area contributed by atoms with Crippen LogP contribution in [0, 0.1) is 6.67 Å². The largest absolute Gasteiger partial charge is 0.657 e. The van der Waals surface area contributed by atoms with Crippen LogP contribution >= 0.6 is 0 Å². The van der Waals surface area contributed by atoms with Gasteiger partial charge in [0.2, 0.25) is 0 Å². The number of fused-ring (bicyclic) bond motifs is 2. The second kappa shape index (κ2) is 15.6. The number of rotatable bonds is 3. The molecule has 1 aromatic heterocycles. The van der Waals surface area contributed by atoms with E-state index in [1.807, 2.05) is 48.5 Å². The van der Waals surface area contributed by atoms with Crippen LogP contribution in [0.5, 0.6) is 0 Å². The number of hydrogen-bond acceptors (Lipinski definition) is 4. The number of aromatic nitrogens is 1. The molecule has 0 unspecified atom stereocenters. The van der Waals surface area contributed by atoms with E-state index in [9.17, 15) is 4.79 Å². The molecule has 0 fully saturated rings. The third-order valence-electron chi connectivity index (χ3n) is 10.1. The third kappa shape index (κ3) is 9.35. The molecule has 0 aliphatic carbocycles. The normalized spacial score (nSPS) is 13.7. The Hall–Kier alpha value is -4.42. The molecule has 0 atom stereocenters. The third-order valence-corrected chi connectivity index (χ3v) is 10.1. The SMILES string of the molecule is CC(C)(C)c1cc(N2[CH-]N(c3cc(C(C)(C)C)cc(C(C)(C)C)c3)C(c3ccccc3)=N2)cc(C(C)(C)C)c1.O=c1c2ccccc2[n-]c2ccccc12.[Au]. The summed E-state index contributed by atoms with van der Waals surface area (Å²) in [6.07, 6.45) is 0. The summed E-state index contributed by atoms with van der Waals surface area (Å²) in [4.78, 5) is 18.8. The van der Waals surface area contributed by atoms with Crippen molar-refractivity contribution < 1.29 is 22.4 Å². The molecule has 0 saturated carbocycles. The molecule has 6 aromatic rings. The summed E-state index contributed by atoms with van der Waals surface area (Å²) < 4.78 is 0. The van der Waals surface area contributed by atoms with Crippen LogP contribution in [0.3, 0.4) is 0 Å². The molecule has 0 N–H and O–H groups in total. The molecule has 0 saturated heterocycles. The Morgan fingerprint density at radius 2 is 0.891 bits per heavy atom. The molecule has 291 valence electrons. The molecule has 2 heterocycles. The summed E-state index contributed by atoms with van der Waals surface area (Å²) in [5.74, 6) is 0.931. The van der Waals surface area contributed by atoms with Gasteiger partial charge < -0.3 is 14.9 Å².